The van der Waals surface area contributed by atoms with E-state index < -0.39 is 23.6 Å². The van der Waals surface area contributed by atoms with Crippen molar-refractivity contribution < 1.29 is 29.0 Å². The fourth-order valence-electron chi connectivity index (χ4n) is 7.53. The fraction of sp³-hybridized carbons (Fsp3) is 0.613. The minimum atomic E-state index is -1.39. The van der Waals surface area contributed by atoms with E-state index >= 15 is 0 Å². The summed E-state index contributed by atoms with van der Waals surface area (Å²) in [6.45, 7) is 8.76. The Labute approximate surface area is 240 Å². The quantitative estimate of drug-likeness (QED) is 0.362. The Morgan fingerprint density at radius 1 is 1.17 bits per heavy atom. The number of carbonyl (C=O) groups is 4. The Hall–Kier alpha value is -3.56. The van der Waals surface area contributed by atoms with Crippen LogP contribution in [0.4, 0.5) is 4.79 Å². The monoisotopic (exact) mass is 566 g/mol. The number of likely N-dealkylation sites (tertiary alicyclic amines) is 1. The zero-order chi connectivity index (χ0) is 29.6. The Morgan fingerprint density at radius 3 is 2.61 bits per heavy atom. The minimum Gasteiger partial charge on any atom is -0.481 e. The second-order valence-electron chi connectivity index (χ2n) is 13.1. The van der Waals surface area contributed by atoms with Gasteiger partial charge in [0.25, 0.3) is 0 Å². The predicted molar refractivity (Wildman–Crippen MR) is 153 cm³/mol. The number of nitrogens with zero attached hydrogens (tertiary/aromatic N) is 1. The number of para-hydroxylation sites is 1. The highest BCUT2D eigenvalue weighted by molar-refractivity contribution is 5.95. The summed E-state index contributed by atoms with van der Waals surface area (Å²) in [4.78, 5) is 56.4. The molecular weight excluding hydrogens is 524 g/mol. The molecule has 2 aromatic rings. The van der Waals surface area contributed by atoms with Crippen LogP contribution < -0.4 is 10.6 Å². The van der Waals surface area contributed by atoms with Gasteiger partial charge in [-0.3, -0.25) is 14.4 Å². The lowest BCUT2D eigenvalue weighted by atomic mass is 9.70. The van der Waals surface area contributed by atoms with Crippen LogP contribution in [0.3, 0.4) is 0 Å². The molecule has 0 radical (unpaired) electrons. The molecule has 10 heteroatoms. The van der Waals surface area contributed by atoms with Gasteiger partial charge in [-0.05, 0) is 62.0 Å². The van der Waals surface area contributed by atoms with Crippen LogP contribution in [0.5, 0.6) is 0 Å². The fourth-order valence-corrected chi connectivity index (χ4v) is 7.53. The molecule has 4 N–H and O–H groups in total. The zero-order valence-corrected chi connectivity index (χ0v) is 24.4. The van der Waals surface area contributed by atoms with E-state index in [9.17, 15) is 19.2 Å². The van der Waals surface area contributed by atoms with E-state index in [1.165, 1.54) is 4.90 Å². The van der Waals surface area contributed by atoms with E-state index in [1.807, 2.05) is 30.5 Å². The molecule has 3 aliphatic rings. The normalized spacial score (nSPS) is 27.9. The average molecular weight is 567 g/mol. The van der Waals surface area contributed by atoms with Crippen LogP contribution in [0.2, 0.25) is 0 Å². The Balaban J connectivity index is 1.38. The lowest BCUT2D eigenvalue weighted by Gasteiger charge is -2.39. The summed E-state index contributed by atoms with van der Waals surface area (Å²) in [5.41, 5.74) is 0.346. The number of aliphatic carboxylic acids is 1. The Kier molecular flexibility index (Phi) is 7.55. The van der Waals surface area contributed by atoms with Crippen LogP contribution in [-0.2, 0) is 25.5 Å². The molecule has 10 nitrogen and oxygen atoms in total. The SMILES string of the molecule is CC1(C)[C@H]2CC[C@]1(C)C(OC(=O)N[C@](C)(Cc1c[nH]c3ccccc13)C(=O)N1CCC[C@@H]1C(=O)NCCC(=O)O)C2. The molecule has 2 bridgehead atoms. The van der Waals surface area contributed by atoms with Crippen LogP contribution in [0.1, 0.15) is 71.8 Å². The van der Waals surface area contributed by atoms with E-state index in [-0.39, 0.29) is 48.1 Å². The number of aromatic nitrogens is 1. The van der Waals surface area contributed by atoms with Gasteiger partial charge in [0.1, 0.15) is 17.7 Å². The first-order valence-electron chi connectivity index (χ1n) is 14.7. The van der Waals surface area contributed by atoms with Gasteiger partial charge in [-0.25, -0.2) is 4.79 Å². The van der Waals surface area contributed by atoms with Gasteiger partial charge in [0.2, 0.25) is 11.8 Å². The summed E-state index contributed by atoms with van der Waals surface area (Å²) in [6.07, 6.45) is 5.04. The molecule has 3 amide bonds. The number of carboxylic acid groups (broad SMARTS) is 1. The van der Waals surface area contributed by atoms with E-state index in [2.05, 4.69) is 36.4 Å². The third kappa shape index (κ3) is 5.17. The molecule has 3 fully saturated rings. The number of ether oxygens (including phenoxy) is 1. The molecule has 1 aromatic carbocycles. The van der Waals surface area contributed by atoms with E-state index in [0.717, 1.165) is 35.7 Å². The summed E-state index contributed by atoms with van der Waals surface area (Å²) in [6, 6.07) is 7.04. The van der Waals surface area contributed by atoms with Crippen LogP contribution in [-0.4, -0.2) is 69.6 Å². The van der Waals surface area contributed by atoms with Gasteiger partial charge in [-0.1, -0.05) is 39.0 Å². The van der Waals surface area contributed by atoms with Crippen molar-refractivity contribution >= 4 is 34.8 Å². The molecule has 0 spiro atoms. The summed E-state index contributed by atoms with van der Waals surface area (Å²) in [5.74, 6) is -1.26. The minimum absolute atomic E-state index is 0.0125. The number of carbonyl (C=O) groups excluding carboxylic acids is 3. The third-order valence-electron chi connectivity index (χ3n) is 10.5. The molecule has 5 atom stereocenters. The van der Waals surface area contributed by atoms with Gasteiger partial charge in [0, 0.05) is 42.0 Å². The summed E-state index contributed by atoms with van der Waals surface area (Å²) in [7, 11) is 0. The molecule has 2 heterocycles. The van der Waals surface area contributed by atoms with Crippen LogP contribution >= 0.6 is 0 Å². The first-order valence-corrected chi connectivity index (χ1v) is 14.7. The van der Waals surface area contributed by atoms with Crippen molar-refractivity contribution in [3.8, 4) is 0 Å². The first-order chi connectivity index (χ1) is 19.4. The number of hydrogen-bond donors (Lipinski definition) is 4. The molecule has 5 rings (SSSR count). The number of amides is 3. The van der Waals surface area contributed by atoms with Crippen LogP contribution in [0, 0.1) is 16.7 Å². The van der Waals surface area contributed by atoms with Gasteiger partial charge < -0.3 is 30.4 Å². The summed E-state index contributed by atoms with van der Waals surface area (Å²) in [5, 5.41) is 15.5. The highest BCUT2D eigenvalue weighted by Crippen LogP contribution is 2.66. The number of H-pyrrole nitrogens is 1. The number of alkyl carbamates (subject to hydrolysis) is 1. The van der Waals surface area contributed by atoms with Gasteiger partial charge in [-0.2, -0.15) is 0 Å². The first kappa shape index (κ1) is 29.0. The lowest BCUT2D eigenvalue weighted by molar-refractivity contribution is -0.143. The average Bonchev–Trinajstić information content (AvgIpc) is 3.65. The van der Waals surface area contributed by atoms with Crippen molar-refractivity contribution in [2.24, 2.45) is 16.7 Å². The van der Waals surface area contributed by atoms with E-state index in [0.29, 0.717) is 25.3 Å². The predicted octanol–water partition coefficient (Wildman–Crippen LogP) is 3.99. The summed E-state index contributed by atoms with van der Waals surface area (Å²) < 4.78 is 6.09. The highest BCUT2D eigenvalue weighted by Gasteiger charge is 2.63. The Morgan fingerprint density at radius 2 is 1.93 bits per heavy atom. The molecule has 1 aromatic heterocycles. The number of nitrogens with one attached hydrogen (secondary N) is 3. The van der Waals surface area contributed by atoms with Crippen molar-refractivity contribution in [1.82, 2.24) is 20.5 Å². The smallest absolute Gasteiger partial charge is 0.408 e. The second-order valence-corrected chi connectivity index (χ2v) is 13.1. The van der Waals surface area contributed by atoms with Crippen LogP contribution in [0.25, 0.3) is 10.9 Å². The molecule has 2 saturated carbocycles. The maximum atomic E-state index is 14.3. The maximum Gasteiger partial charge on any atom is 0.408 e. The van der Waals surface area contributed by atoms with Crippen molar-refractivity contribution in [3.63, 3.8) is 0 Å². The lowest BCUT2D eigenvalue weighted by Crippen LogP contribution is -2.62. The molecule has 222 valence electrons. The molecule has 1 aliphatic heterocycles. The molecule has 2 aliphatic carbocycles. The van der Waals surface area contributed by atoms with Crippen molar-refractivity contribution in [3.05, 3.63) is 36.0 Å². The topological polar surface area (TPSA) is 141 Å². The van der Waals surface area contributed by atoms with Gasteiger partial charge in [0.15, 0.2) is 0 Å². The number of carboxylic acids is 1. The van der Waals surface area contributed by atoms with Crippen LogP contribution in [0.15, 0.2) is 30.5 Å². The number of fused-ring (bicyclic) bond motifs is 3. The molecule has 1 saturated heterocycles. The molecule has 41 heavy (non-hydrogen) atoms. The van der Waals surface area contributed by atoms with E-state index in [1.54, 1.807) is 6.92 Å². The number of aromatic amines is 1. The number of hydrogen-bond acceptors (Lipinski definition) is 5. The van der Waals surface area contributed by atoms with Gasteiger partial charge in [-0.15, -0.1) is 0 Å². The van der Waals surface area contributed by atoms with Gasteiger partial charge in [0.05, 0.1) is 6.42 Å². The number of benzene rings is 1. The highest BCUT2D eigenvalue weighted by atomic mass is 16.6. The molecular formula is C31H42N4O6. The standard InChI is InChI=1S/C31H42N4O6/c1-29(2)20-11-13-30(29,3)24(16-20)41-28(40)34-31(4,17-19-18-33-22-9-6-5-8-21(19)22)27(39)35-15-7-10-23(35)26(38)32-14-12-25(36)37/h5-6,8-9,18,20,23-24,33H,7,10-17H2,1-4H3,(H,32,38)(H,34,40)(H,36,37)/t20-,23+,24?,30+,31+/m0/s1. The Bertz CT molecular complexity index is 1350. The van der Waals surface area contributed by atoms with Crippen molar-refractivity contribution in [2.75, 3.05) is 13.1 Å². The summed E-state index contributed by atoms with van der Waals surface area (Å²) >= 11 is 0. The third-order valence-corrected chi connectivity index (χ3v) is 10.5. The largest absolute Gasteiger partial charge is 0.481 e. The van der Waals surface area contributed by atoms with Gasteiger partial charge >= 0.3 is 12.1 Å². The number of rotatable bonds is 9. The van der Waals surface area contributed by atoms with Crippen molar-refractivity contribution in [1.29, 1.82) is 0 Å². The molecule has 1 unspecified atom stereocenters. The maximum absolute atomic E-state index is 14.3. The van der Waals surface area contributed by atoms with Crippen molar-refractivity contribution in [2.45, 2.75) is 90.3 Å². The van der Waals surface area contributed by atoms with E-state index in [4.69, 9.17) is 9.84 Å². The zero-order valence-electron chi connectivity index (χ0n) is 24.4. The second kappa shape index (κ2) is 10.7.